The number of rotatable bonds is 2. The van der Waals surface area contributed by atoms with Crippen molar-refractivity contribution in [3.63, 3.8) is 0 Å². The minimum Gasteiger partial charge on any atom is -0.310 e. The van der Waals surface area contributed by atoms with Gasteiger partial charge in [0.05, 0.1) is 0 Å². The lowest BCUT2D eigenvalue weighted by Crippen LogP contribution is -2.33. The van der Waals surface area contributed by atoms with E-state index in [2.05, 4.69) is 10.2 Å². The maximum atomic E-state index is 12.5. The van der Waals surface area contributed by atoms with Crippen molar-refractivity contribution in [2.75, 3.05) is 27.2 Å². The predicted molar refractivity (Wildman–Crippen MR) is 39.9 cm³/mol. The second kappa shape index (κ2) is 3.30. The van der Waals surface area contributed by atoms with E-state index in [1.54, 1.807) is 0 Å². The van der Waals surface area contributed by atoms with Crippen molar-refractivity contribution in [3.8, 4) is 0 Å². The summed E-state index contributed by atoms with van der Waals surface area (Å²) in [6.45, 7) is 1.49. The molecule has 0 amide bonds. The van der Waals surface area contributed by atoms with E-state index in [9.17, 15) is 4.39 Å². The highest BCUT2D eigenvalue weighted by molar-refractivity contribution is 4.82. The van der Waals surface area contributed by atoms with Crippen LogP contribution in [0.1, 0.15) is 6.42 Å². The summed E-state index contributed by atoms with van der Waals surface area (Å²) in [4.78, 5) is 2.08. The van der Waals surface area contributed by atoms with Gasteiger partial charge in [0.2, 0.25) is 0 Å². The molecule has 0 spiro atoms. The van der Waals surface area contributed by atoms with E-state index < -0.39 is 6.17 Å². The Morgan fingerprint density at radius 1 is 1.60 bits per heavy atom. The Labute approximate surface area is 61.4 Å². The van der Waals surface area contributed by atoms with Crippen molar-refractivity contribution < 1.29 is 4.39 Å². The Morgan fingerprint density at radius 3 is 2.70 bits per heavy atom. The Bertz CT molecular complexity index is 106. The second-order valence-corrected chi connectivity index (χ2v) is 3.20. The minimum atomic E-state index is -0.620. The third-order valence-electron chi connectivity index (χ3n) is 1.75. The monoisotopic (exact) mass is 146 g/mol. The van der Waals surface area contributed by atoms with Crippen LogP contribution in [0.25, 0.3) is 0 Å². The Hall–Kier alpha value is -0.150. The molecule has 60 valence electrons. The Morgan fingerprint density at radius 2 is 2.30 bits per heavy atom. The van der Waals surface area contributed by atoms with Crippen molar-refractivity contribution in [1.29, 1.82) is 0 Å². The summed E-state index contributed by atoms with van der Waals surface area (Å²) < 4.78 is 12.5. The molecule has 1 aliphatic rings. The fourth-order valence-electron chi connectivity index (χ4n) is 1.35. The van der Waals surface area contributed by atoms with Crippen LogP contribution >= 0.6 is 0 Å². The summed E-state index contributed by atoms with van der Waals surface area (Å²) in [6.07, 6.45) is 0.0583. The topological polar surface area (TPSA) is 15.3 Å². The number of nitrogens with one attached hydrogen (secondary N) is 1. The average Bonchev–Trinajstić information content (AvgIpc) is 2.13. The number of nitrogens with zero attached hydrogens (tertiary/aromatic N) is 1. The molecule has 0 aliphatic carbocycles. The molecule has 0 aromatic rings. The number of hydrogen-bond donors (Lipinski definition) is 1. The van der Waals surface area contributed by atoms with Crippen molar-refractivity contribution >= 4 is 0 Å². The molecule has 1 N–H and O–H groups in total. The third kappa shape index (κ3) is 2.23. The molecule has 1 saturated heterocycles. The molecule has 1 rings (SSSR count). The lowest BCUT2D eigenvalue weighted by Gasteiger charge is -2.15. The van der Waals surface area contributed by atoms with Gasteiger partial charge in [-0.2, -0.15) is 0 Å². The van der Waals surface area contributed by atoms with E-state index in [-0.39, 0.29) is 0 Å². The number of likely N-dealkylation sites (N-methyl/N-ethyl adjacent to an activating group) is 1. The molecule has 3 heteroatoms. The van der Waals surface area contributed by atoms with Gasteiger partial charge >= 0.3 is 0 Å². The molecule has 0 saturated carbocycles. The molecule has 0 aromatic heterocycles. The van der Waals surface area contributed by atoms with Crippen LogP contribution in [0.3, 0.4) is 0 Å². The highest BCUT2D eigenvalue weighted by Gasteiger charge is 2.23. The van der Waals surface area contributed by atoms with E-state index in [0.717, 1.165) is 6.54 Å². The number of halogens is 1. The zero-order valence-electron chi connectivity index (χ0n) is 6.60. The SMILES string of the molecule is CN(C)C[C@@H]1C[C@H](F)CN1. The molecule has 2 atom stereocenters. The molecule has 1 aliphatic heterocycles. The second-order valence-electron chi connectivity index (χ2n) is 3.20. The van der Waals surface area contributed by atoms with Gasteiger partial charge in [-0.3, -0.25) is 0 Å². The molecule has 1 heterocycles. The van der Waals surface area contributed by atoms with E-state index in [4.69, 9.17) is 0 Å². The summed E-state index contributed by atoms with van der Waals surface area (Å²) in [5.41, 5.74) is 0. The Kier molecular flexibility index (Phi) is 2.63. The highest BCUT2D eigenvalue weighted by atomic mass is 19.1. The van der Waals surface area contributed by atoms with E-state index in [1.165, 1.54) is 0 Å². The molecular formula is C7H15FN2. The van der Waals surface area contributed by atoms with Gasteiger partial charge in [0.25, 0.3) is 0 Å². The van der Waals surface area contributed by atoms with Gasteiger partial charge in [-0.15, -0.1) is 0 Å². The third-order valence-corrected chi connectivity index (χ3v) is 1.75. The lowest BCUT2D eigenvalue weighted by atomic mass is 10.2. The first kappa shape index (κ1) is 7.95. The molecular weight excluding hydrogens is 131 g/mol. The van der Waals surface area contributed by atoms with Crippen molar-refractivity contribution in [2.45, 2.75) is 18.6 Å². The maximum absolute atomic E-state index is 12.5. The molecule has 0 aromatic carbocycles. The first-order valence-electron chi connectivity index (χ1n) is 3.70. The van der Waals surface area contributed by atoms with Crippen molar-refractivity contribution in [1.82, 2.24) is 10.2 Å². The van der Waals surface area contributed by atoms with E-state index >= 15 is 0 Å². The molecule has 1 fully saturated rings. The zero-order chi connectivity index (χ0) is 7.56. The van der Waals surface area contributed by atoms with Crippen molar-refractivity contribution in [3.05, 3.63) is 0 Å². The zero-order valence-corrected chi connectivity index (χ0v) is 6.60. The van der Waals surface area contributed by atoms with Crippen LogP contribution in [0.4, 0.5) is 4.39 Å². The summed E-state index contributed by atoms with van der Waals surface area (Å²) in [5, 5.41) is 3.12. The standard InChI is InChI=1S/C7H15FN2/c1-10(2)5-7-3-6(8)4-9-7/h6-7,9H,3-5H2,1-2H3/t6-,7-/m0/s1. The molecule has 0 radical (unpaired) electrons. The Balaban J connectivity index is 2.18. The molecule has 10 heavy (non-hydrogen) atoms. The van der Waals surface area contributed by atoms with Gasteiger partial charge in [-0.05, 0) is 20.5 Å². The smallest absolute Gasteiger partial charge is 0.114 e. The molecule has 2 nitrogen and oxygen atoms in total. The first-order chi connectivity index (χ1) is 4.68. The van der Waals surface area contributed by atoms with Crippen molar-refractivity contribution in [2.24, 2.45) is 0 Å². The van der Waals surface area contributed by atoms with Gasteiger partial charge in [-0.25, -0.2) is 4.39 Å². The average molecular weight is 146 g/mol. The maximum Gasteiger partial charge on any atom is 0.114 e. The van der Waals surface area contributed by atoms with Crippen LogP contribution in [0.2, 0.25) is 0 Å². The van der Waals surface area contributed by atoms with Gasteiger partial charge < -0.3 is 10.2 Å². The van der Waals surface area contributed by atoms with Crippen LogP contribution in [0.5, 0.6) is 0 Å². The largest absolute Gasteiger partial charge is 0.310 e. The summed E-state index contributed by atoms with van der Waals surface area (Å²) >= 11 is 0. The van der Waals surface area contributed by atoms with Gasteiger partial charge in [0.1, 0.15) is 6.17 Å². The van der Waals surface area contributed by atoms with E-state index in [1.807, 2.05) is 14.1 Å². The van der Waals surface area contributed by atoms with Gasteiger partial charge in [0.15, 0.2) is 0 Å². The van der Waals surface area contributed by atoms with Crippen LogP contribution in [-0.2, 0) is 0 Å². The minimum absolute atomic E-state index is 0.366. The summed E-state index contributed by atoms with van der Waals surface area (Å²) in [6, 6.07) is 0.366. The predicted octanol–water partition coefficient (Wildman–Crippen LogP) is 0.248. The highest BCUT2D eigenvalue weighted by Crippen LogP contribution is 2.09. The van der Waals surface area contributed by atoms with Crippen LogP contribution in [0.15, 0.2) is 0 Å². The fourth-order valence-corrected chi connectivity index (χ4v) is 1.35. The first-order valence-corrected chi connectivity index (χ1v) is 3.70. The summed E-state index contributed by atoms with van der Waals surface area (Å²) in [7, 11) is 4.01. The molecule has 0 bridgehead atoms. The van der Waals surface area contributed by atoms with E-state index in [0.29, 0.717) is 19.0 Å². The normalized spacial score (nSPS) is 33.6. The fraction of sp³-hybridized carbons (Fsp3) is 1.00. The van der Waals surface area contributed by atoms with Crippen LogP contribution < -0.4 is 5.32 Å². The van der Waals surface area contributed by atoms with Crippen LogP contribution in [-0.4, -0.2) is 44.3 Å². The number of hydrogen-bond acceptors (Lipinski definition) is 2. The van der Waals surface area contributed by atoms with Crippen LogP contribution in [0, 0.1) is 0 Å². The summed E-state index contributed by atoms with van der Waals surface area (Å²) in [5.74, 6) is 0. The van der Waals surface area contributed by atoms with Gasteiger partial charge in [0, 0.05) is 19.1 Å². The lowest BCUT2D eigenvalue weighted by molar-refractivity contribution is 0.328. The van der Waals surface area contributed by atoms with Gasteiger partial charge in [-0.1, -0.05) is 0 Å². The molecule has 0 unspecified atom stereocenters. The number of alkyl halides is 1. The quantitative estimate of drug-likeness (QED) is 0.600.